The number of benzene rings is 2. The first-order chi connectivity index (χ1) is 11.2. The Labute approximate surface area is 145 Å². The molecule has 0 atom stereocenters. The average Bonchev–Trinajstić information content (AvgIpc) is 2.56. The summed E-state index contributed by atoms with van der Waals surface area (Å²) in [6.07, 6.45) is 1.84. The lowest BCUT2D eigenvalue weighted by molar-refractivity contribution is 0.322. The number of ether oxygens (including phenoxy) is 2. The van der Waals surface area contributed by atoms with Crippen molar-refractivity contribution in [3.63, 3.8) is 0 Å². The fraction of sp³-hybridized carbons (Fsp3) is 0.211. The van der Waals surface area contributed by atoms with Crippen molar-refractivity contribution in [3.8, 4) is 17.6 Å². The minimum atomic E-state index is 0.552. The van der Waals surface area contributed by atoms with E-state index < -0.39 is 0 Å². The highest BCUT2D eigenvalue weighted by Crippen LogP contribution is 2.29. The zero-order chi connectivity index (χ0) is 16.7. The molecule has 0 amide bonds. The molecule has 0 aliphatic rings. The van der Waals surface area contributed by atoms with Gasteiger partial charge in [0.15, 0.2) is 0 Å². The highest BCUT2D eigenvalue weighted by Gasteiger charge is 2.07. The second-order valence-electron chi connectivity index (χ2n) is 4.74. The molecule has 0 saturated heterocycles. The molecule has 0 heterocycles. The first kappa shape index (κ1) is 17.1. The second-order valence-corrected chi connectivity index (χ2v) is 5.66. The van der Waals surface area contributed by atoms with Crippen molar-refractivity contribution < 1.29 is 9.47 Å². The third-order valence-corrected chi connectivity index (χ3v) is 3.70. The maximum atomic E-state index is 9.47. The van der Waals surface area contributed by atoms with Gasteiger partial charge >= 0.3 is 0 Å². The Morgan fingerprint density at radius 1 is 1.09 bits per heavy atom. The van der Waals surface area contributed by atoms with E-state index in [0.29, 0.717) is 24.5 Å². The zero-order valence-electron chi connectivity index (χ0n) is 13.2. The van der Waals surface area contributed by atoms with E-state index in [9.17, 15) is 5.26 Å². The van der Waals surface area contributed by atoms with Crippen molar-refractivity contribution in [2.45, 2.75) is 13.8 Å². The Kier molecular flexibility index (Phi) is 6.25. The molecule has 0 unspecified atom stereocenters. The number of allylic oxidation sites excluding steroid dienone is 1. The molecule has 0 aliphatic heterocycles. The largest absolute Gasteiger partial charge is 0.494 e. The number of nitrogens with zero attached hydrogens (tertiary/aromatic N) is 1. The lowest BCUT2D eigenvalue weighted by Gasteiger charge is -2.11. The molecule has 0 spiro atoms. The first-order valence-corrected chi connectivity index (χ1v) is 8.24. The van der Waals surface area contributed by atoms with Crippen LogP contribution in [0.15, 0.2) is 46.9 Å². The van der Waals surface area contributed by atoms with Gasteiger partial charge in [-0.3, -0.25) is 0 Å². The van der Waals surface area contributed by atoms with E-state index in [0.717, 1.165) is 21.3 Å². The van der Waals surface area contributed by atoms with E-state index in [4.69, 9.17) is 9.47 Å². The van der Waals surface area contributed by atoms with Crippen LogP contribution in [0.5, 0.6) is 11.5 Å². The highest BCUT2D eigenvalue weighted by atomic mass is 79.9. The van der Waals surface area contributed by atoms with Crippen molar-refractivity contribution >= 4 is 27.6 Å². The van der Waals surface area contributed by atoms with Gasteiger partial charge in [-0.25, -0.2) is 0 Å². The molecule has 4 heteroatoms. The lowest BCUT2D eigenvalue weighted by atomic mass is 10.0. The van der Waals surface area contributed by atoms with E-state index >= 15 is 0 Å². The van der Waals surface area contributed by atoms with Crippen LogP contribution in [0.1, 0.15) is 25.0 Å². The maximum Gasteiger partial charge on any atom is 0.130 e. The maximum absolute atomic E-state index is 9.47. The van der Waals surface area contributed by atoms with Gasteiger partial charge in [-0.15, -0.1) is 0 Å². The zero-order valence-corrected chi connectivity index (χ0v) is 14.8. The van der Waals surface area contributed by atoms with Gasteiger partial charge in [0.1, 0.15) is 11.5 Å². The Bertz CT molecular complexity index is 730. The van der Waals surface area contributed by atoms with Crippen molar-refractivity contribution in [3.05, 3.63) is 58.1 Å². The van der Waals surface area contributed by atoms with Gasteiger partial charge in [0.25, 0.3) is 0 Å². The lowest BCUT2D eigenvalue weighted by Crippen LogP contribution is -1.97. The van der Waals surface area contributed by atoms with Gasteiger partial charge in [0, 0.05) is 16.1 Å². The minimum Gasteiger partial charge on any atom is -0.494 e. The van der Waals surface area contributed by atoms with Gasteiger partial charge in [0.05, 0.1) is 24.9 Å². The summed E-state index contributed by atoms with van der Waals surface area (Å²) in [7, 11) is 0. The fourth-order valence-corrected chi connectivity index (χ4v) is 2.40. The number of rotatable bonds is 6. The molecule has 2 aromatic carbocycles. The Morgan fingerprint density at radius 2 is 1.78 bits per heavy atom. The topological polar surface area (TPSA) is 42.2 Å². The van der Waals surface area contributed by atoms with E-state index in [-0.39, 0.29) is 0 Å². The first-order valence-electron chi connectivity index (χ1n) is 7.45. The summed E-state index contributed by atoms with van der Waals surface area (Å²) >= 11 is 3.40. The molecule has 2 aromatic rings. The predicted molar refractivity (Wildman–Crippen MR) is 96.4 cm³/mol. The van der Waals surface area contributed by atoms with E-state index in [1.165, 1.54) is 0 Å². The van der Waals surface area contributed by atoms with Gasteiger partial charge < -0.3 is 9.47 Å². The number of hydrogen-bond acceptors (Lipinski definition) is 3. The quantitative estimate of drug-likeness (QED) is 0.510. The summed E-state index contributed by atoms with van der Waals surface area (Å²) < 4.78 is 12.2. The van der Waals surface area contributed by atoms with Gasteiger partial charge in [-0.05, 0) is 49.8 Å². The van der Waals surface area contributed by atoms with E-state index in [2.05, 4.69) is 22.0 Å². The molecule has 0 radical (unpaired) electrons. The van der Waals surface area contributed by atoms with Crippen molar-refractivity contribution in [1.29, 1.82) is 5.26 Å². The van der Waals surface area contributed by atoms with Gasteiger partial charge in [-0.2, -0.15) is 5.26 Å². The molecular weight excluding hydrogens is 354 g/mol. The molecule has 3 nitrogen and oxygen atoms in total. The summed E-state index contributed by atoms with van der Waals surface area (Å²) in [5, 5.41) is 9.47. The number of halogens is 1. The molecular formula is C19H18BrNO2. The van der Waals surface area contributed by atoms with E-state index in [1.807, 2.05) is 62.4 Å². The number of nitriles is 1. The Morgan fingerprint density at radius 3 is 2.39 bits per heavy atom. The Balaban J connectivity index is 2.42. The summed E-state index contributed by atoms with van der Waals surface area (Å²) in [5.74, 6) is 1.47. The fourth-order valence-electron chi connectivity index (χ4n) is 2.14. The van der Waals surface area contributed by atoms with Crippen LogP contribution in [0.3, 0.4) is 0 Å². The molecule has 0 fully saturated rings. The second kappa shape index (κ2) is 8.40. The summed E-state index contributed by atoms with van der Waals surface area (Å²) in [6.45, 7) is 5.02. The molecule has 0 aromatic heterocycles. The van der Waals surface area contributed by atoms with Gasteiger partial charge in [-0.1, -0.05) is 28.1 Å². The number of hydrogen-bond donors (Lipinski definition) is 0. The highest BCUT2D eigenvalue weighted by molar-refractivity contribution is 9.10. The monoisotopic (exact) mass is 371 g/mol. The molecule has 0 aliphatic carbocycles. The third-order valence-electron chi connectivity index (χ3n) is 3.17. The van der Waals surface area contributed by atoms with E-state index in [1.54, 1.807) is 0 Å². The minimum absolute atomic E-state index is 0.552. The van der Waals surface area contributed by atoms with Gasteiger partial charge in [0.2, 0.25) is 0 Å². The third kappa shape index (κ3) is 4.61. The normalized spacial score (nSPS) is 11.0. The molecule has 23 heavy (non-hydrogen) atoms. The molecule has 118 valence electrons. The van der Waals surface area contributed by atoms with Crippen LogP contribution in [0.4, 0.5) is 0 Å². The van der Waals surface area contributed by atoms with Crippen LogP contribution in [0.2, 0.25) is 0 Å². The summed E-state index contributed by atoms with van der Waals surface area (Å²) in [5.41, 5.74) is 2.31. The van der Waals surface area contributed by atoms with Crippen LogP contribution in [0.25, 0.3) is 11.6 Å². The molecule has 2 rings (SSSR count). The van der Waals surface area contributed by atoms with Crippen molar-refractivity contribution in [2.75, 3.05) is 13.2 Å². The standard InChI is InChI=1S/C19H18BrNO2/c1-3-22-18-10-7-15(19(12-18)23-4-2)11-16(13-21)14-5-8-17(20)9-6-14/h5-12H,3-4H2,1-2H3. The van der Waals surface area contributed by atoms with Crippen molar-refractivity contribution in [2.24, 2.45) is 0 Å². The molecule has 0 N–H and O–H groups in total. The summed E-state index contributed by atoms with van der Waals surface area (Å²) in [4.78, 5) is 0. The van der Waals surface area contributed by atoms with Crippen LogP contribution in [0, 0.1) is 11.3 Å². The van der Waals surface area contributed by atoms with Crippen LogP contribution in [-0.4, -0.2) is 13.2 Å². The average molecular weight is 372 g/mol. The van der Waals surface area contributed by atoms with Crippen LogP contribution < -0.4 is 9.47 Å². The molecule has 0 bridgehead atoms. The van der Waals surface area contributed by atoms with Crippen molar-refractivity contribution in [1.82, 2.24) is 0 Å². The van der Waals surface area contributed by atoms with Crippen LogP contribution >= 0.6 is 15.9 Å². The van der Waals surface area contributed by atoms with Crippen LogP contribution in [-0.2, 0) is 0 Å². The smallest absolute Gasteiger partial charge is 0.130 e. The predicted octanol–water partition coefficient (Wildman–Crippen LogP) is 5.31. The SMILES string of the molecule is CCOc1ccc(C=C(C#N)c2ccc(Br)cc2)c(OCC)c1. The molecule has 0 saturated carbocycles. The Hall–Kier alpha value is -2.25. The summed E-state index contributed by atoms with van der Waals surface area (Å²) in [6, 6.07) is 15.6.